The third-order valence-corrected chi connectivity index (χ3v) is 5.52. The Morgan fingerprint density at radius 1 is 1.28 bits per heavy atom. The zero-order valence-corrected chi connectivity index (χ0v) is 17.0. The van der Waals surface area contributed by atoms with Crippen LogP contribution in [0.25, 0.3) is 11.1 Å². The van der Waals surface area contributed by atoms with Crippen LogP contribution in [0.1, 0.15) is 30.7 Å². The van der Waals surface area contributed by atoms with Crippen LogP contribution in [0.3, 0.4) is 0 Å². The summed E-state index contributed by atoms with van der Waals surface area (Å²) in [6, 6.07) is 9.05. The van der Waals surface area contributed by atoms with Crippen LogP contribution in [0, 0.1) is 18.8 Å². The van der Waals surface area contributed by atoms with Crippen molar-refractivity contribution in [1.29, 1.82) is 0 Å². The molecule has 0 saturated heterocycles. The number of aromatic nitrogens is 1. The van der Waals surface area contributed by atoms with E-state index >= 15 is 0 Å². The van der Waals surface area contributed by atoms with E-state index in [-0.39, 0.29) is 17.0 Å². The van der Waals surface area contributed by atoms with Gasteiger partial charge in [0.25, 0.3) is 10.0 Å². The van der Waals surface area contributed by atoms with E-state index in [1.807, 2.05) is 0 Å². The molecular formula is C20H17ClN2O5S. The number of aliphatic carboxylic acids is 1. The number of nitrogens with one attached hydrogen (secondary N) is 1. The van der Waals surface area contributed by atoms with E-state index in [4.69, 9.17) is 21.1 Å². The van der Waals surface area contributed by atoms with Gasteiger partial charge in [-0.3, -0.25) is 9.52 Å². The van der Waals surface area contributed by atoms with Crippen LogP contribution in [0.2, 0.25) is 5.02 Å². The first kappa shape index (κ1) is 20.7. The summed E-state index contributed by atoms with van der Waals surface area (Å²) in [6.07, 6.45) is 0.792. The SMILES string of the molecule is Cc1nc2ccc(S(=O)(=O)Nc3ccc(Cl)cc3C#CCCCC(=O)O)cc2o1. The predicted molar refractivity (Wildman–Crippen MR) is 109 cm³/mol. The summed E-state index contributed by atoms with van der Waals surface area (Å²) >= 11 is 6.01. The number of hydrogen-bond donors (Lipinski definition) is 2. The van der Waals surface area contributed by atoms with Crippen molar-refractivity contribution in [2.45, 2.75) is 31.1 Å². The molecule has 0 aliphatic carbocycles. The largest absolute Gasteiger partial charge is 0.481 e. The van der Waals surface area contributed by atoms with Crippen LogP contribution in [0.4, 0.5) is 5.69 Å². The predicted octanol–water partition coefficient (Wildman–Crippen LogP) is 4.20. The van der Waals surface area contributed by atoms with Gasteiger partial charge in [0.15, 0.2) is 11.5 Å². The van der Waals surface area contributed by atoms with Crippen molar-refractivity contribution in [2.75, 3.05) is 4.72 Å². The van der Waals surface area contributed by atoms with Gasteiger partial charge in [0, 0.05) is 30.9 Å². The number of hydrogen-bond acceptors (Lipinski definition) is 5. The number of rotatable bonds is 6. The summed E-state index contributed by atoms with van der Waals surface area (Å²) in [5, 5.41) is 9.06. The zero-order chi connectivity index (χ0) is 21.0. The zero-order valence-electron chi connectivity index (χ0n) is 15.4. The van der Waals surface area contributed by atoms with Crippen molar-refractivity contribution in [3.8, 4) is 11.8 Å². The molecule has 0 fully saturated rings. The monoisotopic (exact) mass is 432 g/mol. The Labute approximate surface area is 172 Å². The van der Waals surface area contributed by atoms with Gasteiger partial charge in [-0.2, -0.15) is 0 Å². The van der Waals surface area contributed by atoms with Crippen LogP contribution >= 0.6 is 11.6 Å². The number of aryl methyl sites for hydroxylation is 1. The van der Waals surface area contributed by atoms with Crippen LogP contribution in [-0.2, 0) is 14.8 Å². The highest BCUT2D eigenvalue weighted by atomic mass is 35.5. The minimum atomic E-state index is -3.90. The first-order chi connectivity index (χ1) is 13.7. The highest BCUT2D eigenvalue weighted by Crippen LogP contribution is 2.25. The molecule has 0 aliphatic rings. The number of halogens is 1. The Morgan fingerprint density at radius 2 is 2.07 bits per heavy atom. The van der Waals surface area contributed by atoms with Crippen molar-refractivity contribution in [2.24, 2.45) is 0 Å². The molecule has 0 spiro atoms. The van der Waals surface area contributed by atoms with Gasteiger partial charge in [-0.1, -0.05) is 23.4 Å². The number of anilines is 1. The fourth-order valence-corrected chi connectivity index (χ4v) is 3.85. The fraction of sp³-hybridized carbons (Fsp3) is 0.200. The molecule has 29 heavy (non-hydrogen) atoms. The number of nitrogens with zero attached hydrogens (tertiary/aromatic N) is 1. The summed E-state index contributed by atoms with van der Waals surface area (Å²) < 4.78 is 33.6. The average Bonchev–Trinajstić information content (AvgIpc) is 3.02. The molecule has 9 heteroatoms. The van der Waals surface area contributed by atoms with Gasteiger partial charge in [-0.25, -0.2) is 13.4 Å². The number of carboxylic acids is 1. The Balaban J connectivity index is 1.86. The maximum absolute atomic E-state index is 12.8. The second-order valence-electron chi connectivity index (χ2n) is 6.21. The summed E-state index contributed by atoms with van der Waals surface area (Å²) in [6.45, 7) is 1.68. The molecule has 3 aromatic rings. The third-order valence-electron chi connectivity index (χ3n) is 3.92. The van der Waals surface area contributed by atoms with E-state index in [9.17, 15) is 13.2 Å². The highest BCUT2D eigenvalue weighted by Gasteiger charge is 2.18. The van der Waals surface area contributed by atoms with Gasteiger partial charge < -0.3 is 9.52 Å². The molecule has 0 atom stereocenters. The molecule has 1 heterocycles. The summed E-state index contributed by atoms with van der Waals surface area (Å²) in [7, 11) is -3.90. The Kier molecular flexibility index (Phi) is 6.11. The first-order valence-corrected chi connectivity index (χ1v) is 10.5. The molecule has 0 aliphatic heterocycles. The van der Waals surface area contributed by atoms with Crippen molar-refractivity contribution < 1.29 is 22.7 Å². The van der Waals surface area contributed by atoms with Crippen molar-refractivity contribution in [3.63, 3.8) is 0 Å². The second-order valence-corrected chi connectivity index (χ2v) is 8.33. The van der Waals surface area contributed by atoms with E-state index in [1.54, 1.807) is 25.1 Å². The molecule has 0 amide bonds. The third kappa shape index (κ3) is 5.28. The van der Waals surface area contributed by atoms with E-state index in [1.165, 1.54) is 18.2 Å². The summed E-state index contributed by atoms with van der Waals surface area (Å²) in [5.74, 6) is 5.26. The number of oxazole rings is 1. The maximum Gasteiger partial charge on any atom is 0.303 e. The van der Waals surface area contributed by atoms with Crippen LogP contribution < -0.4 is 4.72 Å². The first-order valence-electron chi connectivity index (χ1n) is 8.65. The molecule has 0 bridgehead atoms. The number of carboxylic acid groups (broad SMARTS) is 1. The topological polar surface area (TPSA) is 110 Å². The van der Waals surface area contributed by atoms with Crippen LogP contribution in [0.15, 0.2) is 45.7 Å². The Hall–Kier alpha value is -3.02. The lowest BCUT2D eigenvalue weighted by atomic mass is 10.1. The lowest BCUT2D eigenvalue weighted by molar-refractivity contribution is -0.137. The summed E-state index contributed by atoms with van der Waals surface area (Å²) in [5.41, 5.74) is 1.61. The molecule has 2 N–H and O–H groups in total. The van der Waals surface area contributed by atoms with Gasteiger partial charge in [0.2, 0.25) is 0 Å². The maximum atomic E-state index is 12.8. The van der Waals surface area contributed by atoms with Gasteiger partial charge in [0.05, 0.1) is 16.1 Å². The lowest BCUT2D eigenvalue weighted by Crippen LogP contribution is -2.13. The fourth-order valence-electron chi connectivity index (χ4n) is 2.59. The summed E-state index contributed by atoms with van der Waals surface area (Å²) in [4.78, 5) is 14.7. The van der Waals surface area contributed by atoms with Gasteiger partial charge >= 0.3 is 5.97 Å². The van der Waals surface area contributed by atoms with Gasteiger partial charge in [-0.15, -0.1) is 0 Å². The van der Waals surface area contributed by atoms with Gasteiger partial charge in [-0.05, 0) is 36.8 Å². The lowest BCUT2D eigenvalue weighted by Gasteiger charge is -2.10. The van der Waals surface area contributed by atoms with Crippen molar-refractivity contribution >= 4 is 44.4 Å². The normalized spacial score (nSPS) is 11.1. The molecule has 150 valence electrons. The van der Waals surface area contributed by atoms with Gasteiger partial charge in [0.1, 0.15) is 5.52 Å². The minimum Gasteiger partial charge on any atom is -0.481 e. The van der Waals surface area contributed by atoms with E-state index in [0.29, 0.717) is 40.4 Å². The molecule has 0 saturated carbocycles. The van der Waals surface area contributed by atoms with Crippen LogP contribution in [-0.4, -0.2) is 24.5 Å². The molecule has 1 aromatic heterocycles. The molecule has 0 radical (unpaired) electrons. The highest BCUT2D eigenvalue weighted by molar-refractivity contribution is 7.92. The Morgan fingerprint density at radius 3 is 2.83 bits per heavy atom. The molecular weight excluding hydrogens is 416 g/mol. The molecule has 0 unspecified atom stereocenters. The number of sulfonamides is 1. The molecule has 7 nitrogen and oxygen atoms in total. The number of carbonyl (C=O) groups is 1. The van der Waals surface area contributed by atoms with Crippen LogP contribution in [0.5, 0.6) is 0 Å². The van der Waals surface area contributed by atoms with E-state index in [0.717, 1.165) is 0 Å². The number of fused-ring (bicyclic) bond motifs is 1. The van der Waals surface area contributed by atoms with E-state index in [2.05, 4.69) is 21.5 Å². The standard InChI is InChI=1S/C20H17ClN2O5S/c1-13-22-18-10-8-16(12-19(18)28-13)29(26,27)23-17-9-7-15(21)11-14(17)5-3-2-4-6-20(24)25/h7-12,23H,2,4,6H2,1H3,(H,24,25). The molecule has 3 rings (SSSR count). The van der Waals surface area contributed by atoms with Crippen molar-refractivity contribution in [1.82, 2.24) is 4.98 Å². The molecule has 2 aromatic carbocycles. The number of benzene rings is 2. The average molecular weight is 433 g/mol. The quantitative estimate of drug-likeness (QED) is 0.446. The Bertz CT molecular complexity index is 1240. The van der Waals surface area contributed by atoms with Crippen molar-refractivity contribution in [3.05, 3.63) is 52.9 Å². The smallest absolute Gasteiger partial charge is 0.303 e. The minimum absolute atomic E-state index is 0.0211. The number of unbranched alkanes of at least 4 members (excludes halogenated alkanes) is 1. The second kappa shape index (κ2) is 8.55. The van der Waals surface area contributed by atoms with E-state index < -0.39 is 16.0 Å².